The van der Waals surface area contributed by atoms with Crippen LogP contribution in [-0.2, 0) is 12.5 Å². The van der Waals surface area contributed by atoms with Gasteiger partial charge in [-0.25, -0.2) is 4.39 Å². The number of nitrogens with zero attached hydrogens (tertiary/aromatic N) is 2. The summed E-state index contributed by atoms with van der Waals surface area (Å²) in [6, 6.07) is 8.45. The summed E-state index contributed by atoms with van der Waals surface area (Å²) in [5, 5.41) is 7.09. The lowest BCUT2D eigenvalue weighted by molar-refractivity contribution is 0.0937. The maximum absolute atomic E-state index is 13.6. The first-order valence-electron chi connectivity index (χ1n) is 7.63. The van der Waals surface area contributed by atoms with Crippen LogP contribution in [0.5, 0.6) is 0 Å². The highest BCUT2D eigenvalue weighted by Crippen LogP contribution is 2.40. The van der Waals surface area contributed by atoms with E-state index in [2.05, 4.69) is 10.4 Å². The Morgan fingerprint density at radius 2 is 2.14 bits per heavy atom. The molecule has 0 spiro atoms. The van der Waals surface area contributed by atoms with E-state index in [9.17, 15) is 9.18 Å². The first-order chi connectivity index (χ1) is 10.6. The summed E-state index contributed by atoms with van der Waals surface area (Å²) in [6.45, 7) is 0.520. The van der Waals surface area contributed by atoms with E-state index in [0.717, 1.165) is 31.2 Å². The number of aromatic nitrogens is 2. The third-order valence-electron chi connectivity index (χ3n) is 4.53. The maximum atomic E-state index is 13.6. The average Bonchev–Trinajstić information content (AvgIpc) is 3.15. The molecule has 1 saturated carbocycles. The first-order valence-corrected chi connectivity index (χ1v) is 7.63. The van der Waals surface area contributed by atoms with Gasteiger partial charge < -0.3 is 5.32 Å². The molecule has 1 aromatic heterocycles. The zero-order valence-electron chi connectivity index (χ0n) is 12.7. The van der Waals surface area contributed by atoms with Crippen molar-refractivity contribution in [3.05, 3.63) is 53.6 Å². The minimum absolute atomic E-state index is 0.160. The molecule has 0 saturated heterocycles. The molecule has 1 N–H and O–H groups in total. The SMILES string of the molecule is Cn1ccc(C(=O)NCC2(c3cccc(F)c3)CCCC2)n1. The fourth-order valence-electron chi connectivity index (χ4n) is 3.31. The Labute approximate surface area is 129 Å². The van der Waals surface area contributed by atoms with E-state index in [4.69, 9.17) is 0 Å². The van der Waals surface area contributed by atoms with E-state index in [0.29, 0.717) is 12.2 Å². The van der Waals surface area contributed by atoms with Crippen LogP contribution in [0.3, 0.4) is 0 Å². The van der Waals surface area contributed by atoms with Crippen LogP contribution < -0.4 is 5.32 Å². The lowest BCUT2D eigenvalue weighted by Gasteiger charge is -2.30. The number of rotatable bonds is 4. The van der Waals surface area contributed by atoms with Gasteiger partial charge in [-0.05, 0) is 36.6 Å². The summed E-state index contributed by atoms with van der Waals surface area (Å²) >= 11 is 0. The predicted octanol–water partition coefficient (Wildman–Crippen LogP) is 2.80. The van der Waals surface area contributed by atoms with Gasteiger partial charge in [-0.15, -0.1) is 0 Å². The Morgan fingerprint density at radius 1 is 1.36 bits per heavy atom. The van der Waals surface area contributed by atoms with Gasteiger partial charge in [0.2, 0.25) is 0 Å². The number of aryl methyl sites for hydroxylation is 1. The van der Waals surface area contributed by atoms with Gasteiger partial charge in [-0.1, -0.05) is 25.0 Å². The number of benzene rings is 1. The van der Waals surface area contributed by atoms with Crippen LogP contribution in [0.1, 0.15) is 41.7 Å². The van der Waals surface area contributed by atoms with Gasteiger partial charge in [0.05, 0.1) is 0 Å². The molecule has 2 aromatic rings. The molecule has 1 aliphatic rings. The van der Waals surface area contributed by atoms with E-state index in [1.54, 1.807) is 36.1 Å². The largest absolute Gasteiger partial charge is 0.350 e. The highest BCUT2D eigenvalue weighted by molar-refractivity contribution is 5.92. The van der Waals surface area contributed by atoms with E-state index in [1.807, 2.05) is 6.07 Å². The second-order valence-electron chi connectivity index (χ2n) is 6.06. The van der Waals surface area contributed by atoms with E-state index in [-0.39, 0.29) is 17.1 Å². The molecule has 5 heteroatoms. The lowest BCUT2D eigenvalue weighted by atomic mass is 9.78. The van der Waals surface area contributed by atoms with Gasteiger partial charge in [0.25, 0.3) is 5.91 Å². The van der Waals surface area contributed by atoms with Crippen molar-refractivity contribution in [1.82, 2.24) is 15.1 Å². The van der Waals surface area contributed by atoms with Gasteiger partial charge in [-0.2, -0.15) is 5.10 Å². The van der Waals surface area contributed by atoms with Gasteiger partial charge in [0.1, 0.15) is 11.5 Å². The number of carbonyl (C=O) groups excluding carboxylic acids is 1. The molecule has 116 valence electrons. The normalized spacial score (nSPS) is 16.6. The number of carbonyl (C=O) groups is 1. The molecule has 0 atom stereocenters. The molecular weight excluding hydrogens is 281 g/mol. The van der Waals surface area contributed by atoms with Crippen LogP contribution in [0, 0.1) is 5.82 Å². The maximum Gasteiger partial charge on any atom is 0.271 e. The second-order valence-corrected chi connectivity index (χ2v) is 6.06. The van der Waals surface area contributed by atoms with E-state index >= 15 is 0 Å². The quantitative estimate of drug-likeness (QED) is 0.944. The van der Waals surface area contributed by atoms with Crippen molar-refractivity contribution < 1.29 is 9.18 Å². The zero-order chi connectivity index (χ0) is 15.6. The highest BCUT2D eigenvalue weighted by Gasteiger charge is 2.36. The molecule has 1 aromatic carbocycles. The number of halogens is 1. The molecule has 3 rings (SSSR count). The van der Waals surface area contributed by atoms with Crippen LogP contribution in [-0.4, -0.2) is 22.2 Å². The molecule has 1 amide bonds. The molecule has 22 heavy (non-hydrogen) atoms. The summed E-state index contributed by atoms with van der Waals surface area (Å²) in [5.74, 6) is -0.400. The third-order valence-corrected chi connectivity index (χ3v) is 4.53. The van der Waals surface area contributed by atoms with Crippen molar-refractivity contribution in [2.75, 3.05) is 6.54 Å². The van der Waals surface area contributed by atoms with Gasteiger partial charge in [0, 0.05) is 25.2 Å². The van der Waals surface area contributed by atoms with Gasteiger partial charge in [0.15, 0.2) is 0 Å². The van der Waals surface area contributed by atoms with Crippen LogP contribution >= 0.6 is 0 Å². The van der Waals surface area contributed by atoms with Crippen molar-refractivity contribution in [1.29, 1.82) is 0 Å². The molecule has 1 fully saturated rings. The van der Waals surface area contributed by atoms with Crippen LogP contribution in [0.2, 0.25) is 0 Å². The van der Waals surface area contributed by atoms with Crippen molar-refractivity contribution in [3.63, 3.8) is 0 Å². The number of hydrogen-bond acceptors (Lipinski definition) is 2. The molecule has 0 aliphatic heterocycles. The summed E-state index contributed by atoms with van der Waals surface area (Å²) in [5.41, 5.74) is 1.23. The van der Waals surface area contributed by atoms with Crippen molar-refractivity contribution in [2.24, 2.45) is 7.05 Å². The third kappa shape index (κ3) is 2.89. The minimum Gasteiger partial charge on any atom is -0.350 e. The molecule has 1 heterocycles. The molecule has 0 radical (unpaired) electrons. The van der Waals surface area contributed by atoms with Crippen LogP contribution in [0.25, 0.3) is 0 Å². The standard InChI is InChI=1S/C17H20FN3O/c1-21-10-7-15(20-21)16(22)19-12-17(8-2-3-9-17)13-5-4-6-14(18)11-13/h4-7,10-11H,2-3,8-9,12H2,1H3,(H,19,22). The van der Waals surface area contributed by atoms with Crippen LogP contribution in [0.15, 0.2) is 36.5 Å². The molecule has 4 nitrogen and oxygen atoms in total. The van der Waals surface area contributed by atoms with Crippen molar-refractivity contribution in [2.45, 2.75) is 31.1 Å². The van der Waals surface area contributed by atoms with Crippen molar-refractivity contribution >= 4 is 5.91 Å². The van der Waals surface area contributed by atoms with E-state index < -0.39 is 0 Å². The lowest BCUT2D eigenvalue weighted by Crippen LogP contribution is -2.39. The fraction of sp³-hybridized carbons (Fsp3) is 0.412. The molecule has 0 unspecified atom stereocenters. The monoisotopic (exact) mass is 301 g/mol. The molecule has 0 bridgehead atoms. The minimum atomic E-state index is -0.222. The molecular formula is C17H20FN3O. The highest BCUT2D eigenvalue weighted by atomic mass is 19.1. The zero-order valence-corrected chi connectivity index (χ0v) is 12.7. The Morgan fingerprint density at radius 3 is 2.77 bits per heavy atom. The van der Waals surface area contributed by atoms with E-state index in [1.165, 1.54) is 6.07 Å². The predicted molar refractivity (Wildman–Crippen MR) is 82.1 cm³/mol. The fourth-order valence-corrected chi connectivity index (χ4v) is 3.31. The number of nitrogens with one attached hydrogen (secondary N) is 1. The van der Waals surface area contributed by atoms with Gasteiger partial charge >= 0.3 is 0 Å². The summed E-state index contributed by atoms with van der Waals surface area (Å²) in [4.78, 5) is 12.2. The summed E-state index contributed by atoms with van der Waals surface area (Å²) in [7, 11) is 1.78. The first kappa shape index (κ1) is 14.8. The van der Waals surface area contributed by atoms with Crippen molar-refractivity contribution in [3.8, 4) is 0 Å². The van der Waals surface area contributed by atoms with Crippen LogP contribution in [0.4, 0.5) is 4.39 Å². The Bertz CT molecular complexity index is 674. The second kappa shape index (κ2) is 5.91. The average molecular weight is 301 g/mol. The number of amides is 1. The topological polar surface area (TPSA) is 46.9 Å². The summed E-state index contributed by atoms with van der Waals surface area (Å²) < 4.78 is 15.2. The molecule has 1 aliphatic carbocycles. The number of hydrogen-bond donors (Lipinski definition) is 1. The Balaban J connectivity index is 1.76. The smallest absolute Gasteiger partial charge is 0.271 e. The Kier molecular flexibility index (Phi) is 3.96. The summed E-state index contributed by atoms with van der Waals surface area (Å²) in [6.07, 6.45) is 5.90. The Hall–Kier alpha value is -2.17. The van der Waals surface area contributed by atoms with Gasteiger partial charge in [-0.3, -0.25) is 9.48 Å².